The molecule has 0 radical (unpaired) electrons. The molecule has 114 valence electrons. The van der Waals surface area contributed by atoms with Crippen molar-refractivity contribution < 1.29 is 14.7 Å². The van der Waals surface area contributed by atoms with Gasteiger partial charge in [0.05, 0.1) is 11.7 Å². The van der Waals surface area contributed by atoms with E-state index in [4.69, 9.17) is 4.84 Å². The number of anilines is 1. The van der Waals surface area contributed by atoms with Gasteiger partial charge >= 0.3 is 0 Å². The van der Waals surface area contributed by atoms with Crippen molar-refractivity contribution in [2.45, 2.75) is 25.7 Å². The Morgan fingerprint density at radius 3 is 2.18 bits per heavy atom. The molecule has 3 atom stereocenters. The van der Waals surface area contributed by atoms with E-state index in [1.54, 1.807) is 5.06 Å². The molecule has 1 saturated heterocycles. The minimum absolute atomic E-state index is 0.0997. The minimum Gasteiger partial charge on any atom is -0.363 e. The number of para-hydroxylation sites is 1. The highest BCUT2D eigenvalue weighted by Crippen LogP contribution is 2.46. The molecule has 1 aliphatic heterocycles. The van der Waals surface area contributed by atoms with Gasteiger partial charge in [0.25, 0.3) is 0 Å². The van der Waals surface area contributed by atoms with Gasteiger partial charge in [0.2, 0.25) is 5.79 Å². The maximum absolute atomic E-state index is 12.2. The van der Waals surface area contributed by atoms with Crippen molar-refractivity contribution in [2.75, 3.05) is 5.06 Å². The zero-order chi connectivity index (χ0) is 15.7. The van der Waals surface area contributed by atoms with Crippen LogP contribution in [0.3, 0.4) is 0 Å². The maximum atomic E-state index is 12.2. The predicted molar refractivity (Wildman–Crippen MR) is 84.0 cm³/mol. The number of carbonyl (C=O) groups is 1. The predicted octanol–water partition coefficient (Wildman–Crippen LogP) is 3.09. The molecule has 0 aliphatic carbocycles. The van der Waals surface area contributed by atoms with Crippen LogP contribution in [0, 0.1) is 5.92 Å². The summed E-state index contributed by atoms with van der Waals surface area (Å²) in [5, 5.41) is 12.2. The van der Waals surface area contributed by atoms with Crippen molar-refractivity contribution in [1.82, 2.24) is 0 Å². The van der Waals surface area contributed by atoms with E-state index >= 15 is 0 Å². The van der Waals surface area contributed by atoms with Gasteiger partial charge in [-0.3, -0.25) is 4.79 Å². The van der Waals surface area contributed by atoms with Crippen molar-refractivity contribution in [1.29, 1.82) is 0 Å². The second kappa shape index (κ2) is 5.55. The van der Waals surface area contributed by atoms with E-state index in [2.05, 4.69) is 0 Å². The average molecular weight is 297 g/mol. The summed E-state index contributed by atoms with van der Waals surface area (Å²) in [5.74, 6) is -2.30. The summed E-state index contributed by atoms with van der Waals surface area (Å²) in [6.07, 6.45) is 0. The zero-order valence-corrected chi connectivity index (χ0v) is 12.6. The van der Waals surface area contributed by atoms with Crippen LogP contribution in [0.5, 0.6) is 0 Å². The summed E-state index contributed by atoms with van der Waals surface area (Å²) < 4.78 is 0. The number of hydroxylamine groups is 1. The summed E-state index contributed by atoms with van der Waals surface area (Å²) in [6, 6.07) is 18.8. The van der Waals surface area contributed by atoms with E-state index in [0.29, 0.717) is 0 Å². The lowest BCUT2D eigenvalue weighted by Crippen LogP contribution is -2.37. The van der Waals surface area contributed by atoms with Crippen LogP contribution in [0.25, 0.3) is 0 Å². The smallest absolute Gasteiger partial charge is 0.201 e. The largest absolute Gasteiger partial charge is 0.363 e. The fourth-order valence-corrected chi connectivity index (χ4v) is 3.11. The highest BCUT2D eigenvalue weighted by molar-refractivity contribution is 5.81. The Morgan fingerprint density at radius 2 is 1.64 bits per heavy atom. The number of aliphatic hydroxyl groups is 1. The quantitative estimate of drug-likeness (QED) is 0.946. The van der Waals surface area contributed by atoms with E-state index < -0.39 is 11.7 Å². The van der Waals surface area contributed by atoms with Crippen molar-refractivity contribution in [3.05, 3.63) is 66.2 Å². The molecule has 1 fully saturated rings. The van der Waals surface area contributed by atoms with Gasteiger partial charge in [0, 0.05) is 0 Å². The standard InChI is InChI=1S/C18H19NO3/c1-13(20)16-17(14-9-5-3-6-10-14)19(22-18(16,2)21)15-11-7-4-8-12-15/h3-12,16-17,21H,1-2H3/t16-,17-,18+/m1/s1. The molecule has 0 unspecified atom stereocenters. The molecule has 22 heavy (non-hydrogen) atoms. The van der Waals surface area contributed by atoms with Gasteiger partial charge in [-0.25, -0.2) is 9.90 Å². The number of Topliss-reactive ketones (excluding diaryl/α,β-unsaturated/α-hetero) is 1. The molecule has 0 saturated carbocycles. The number of ketones is 1. The first-order valence-corrected chi connectivity index (χ1v) is 7.32. The van der Waals surface area contributed by atoms with E-state index in [-0.39, 0.29) is 11.8 Å². The van der Waals surface area contributed by atoms with E-state index in [0.717, 1.165) is 11.3 Å². The van der Waals surface area contributed by atoms with E-state index in [9.17, 15) is 9.90 Å². The zero-order valence-electron chi connectivity index (χ0n) is 12.6. The highest BCUT2D eigenvalue weighted by atomic mass is 16.8. The van der Waals surface area contributed by atoms with E-state index in [1.807, 2.05) is 60.7 Å². The van der Waals surface area contributed by atoms with Crippen LogP contribution < -0.4 is 5.06 Å². The van der Waals surface area contributed by atoms with Crippen LogP contribution in [0.15, 0.2) is 60.7 Å². The molecule has 1 heterocycles. The molecule has 0 aromatic heterocycles. The average Bonchev–Trinajstić information content (AvgIpc) is 2.80. The summed E-state index contributed by atoms with van der Waals surface area (Å²) in [6.45, 7) is 3.03. The lowest BCUT2D eigenvalue weighted by atomic mass is 9.85. The Labute approximate surface area is 129 Å². The number of benzene rings is 2. The van der Waals surface area contributed by atoms with Crippen LogP contribution in [0.4, 0.5) is 5.69 Å². The number of hydrogen-bond donors (Lipinski definition) is 1. The lowest BCUT2D eigenvalue weighted by molar-refractivity contribution is -0.188. The normalized spacial score (nSPS) is 27.9. The molecule has 0 amide bonds. The molecule has 0 spiro atoms. The van der Waals surface area contributed by atoms with Crippen molar-refractivity contribution in [3.8, 4) is 0 Å². The number of nitrogens with zero attached hydrogens (tertiary/aromatic N) is 1. The van der Waals surface area contributed by atoms with Crippen LogP contribution in [0.1, 0.15) is 25.5 Å². The summed E-state index contributed by atoms with van der Waals surface area (Å²) in [4.78, 5) is 17.9. The summed E-state index contributed by atoms with van der Waals surface area (Å²) >= 11 is 0. The molecule has 4 heteroatoms. The molecule has 3 rings (SSSR count). The second-order valence-electron chi connectivity index (χ2n) is 5.75. The molecule has 0 bridgehead atoms. The van der Waals surface area contributed by atoms with Crippen LogP contribution >= 0.6 is 0 Å². The first-order chi connectivity index (χ1) is 10.5. The monoisotopic (exact) mass is 297 g/mol. The van der Waals surface area contributed by atoms with Crippen LogP contribution in [0.2, 0.25) is 0 Å². The highest BCUT2D eigenvalue weighted by Gasteiger charge is 2.54. The van der Waals surface area contributed by atoms with Crippen molar-refractivity contribution in [2.24, 2.45) is 5.92 Å². The Balaban J connectivity index is 2.11. The molecule has 4 nitrogen and oxygen atoms in total. The fourth-order valence-electron chi connectivity index (χ4n) is 3.11. The number of hydrogen-bond acceptors (Lipinski definition) is 4. The summed E-state index contributed by atoms with van der Waals surface area (Å²) in [5.41, 5.74) is 1.74. The third kappa shape index (κ3) is 2.51. The molecule has 2 aromatic carbocycles. The number of carbonyl (C=O) groups excluding carboxylic acids is 1. The molecular formula is C18H19NO3. The van der Waals surface area contributed by atoms with E-state index in [1.165, 1.54) is 13.8 Å². The van der Waals surface area contributed by atoms with Gasteiger partial charge in [0.15, 0.2) is 0 Å². The fraction of sp³-hybridized carbons (Fsp3) is 0.278. The van der Waals surface area contributed by atoms with Gasteiger partial charge < -0.3 is 5.11 Å². The van der Waals surface area contributed by atoms with Gasteiger partial charge in [-0.15, -0.1) is 0 Å². The third-order valence-corrected chi connectivity index (χ3v) is 4.02. The van der Waals surface area contributed by atoms with Crippen molar-refractivity contribution in [3.63, 3.8) is 0 Å². The Bertz CT molecular complexity index is 655. The topological polar surface area (TPSA) is 49.8 Å². The Hall–Kier alpha value is -2.17. The van der Waals surface area contributed by atoms with Crippen LogP contribution in [-0.4, -0.2) is 16.7 Å². The molecule has 1 aliphatic rings. The maximum Gasteiger partial charge on any atom is 0.201 e. The van der Waals surface area contributed by atoms with Gasteiger partial charge in [-0.1, -0.05) is 48.5 Å². The van der Waals surface area contributed by atoms with Gasteiger partial charge in [-0.2, -0.15) is 0 Å². The SMILES string of the molecule is CC(=O)[C@@H]1[C@@H](c2ccccc2)N(c2ccccc2)O[C@]1(C)O. The van der Waals surface area contributed by atoms with Crippen molar-refractivity contribution >= 4 is 11.5 Å². The van der Waals surface area contributed by atoms with Crippen LogP contribution in [-0.2, 0) is 9.63 Å². The molecule has 1 N–H and O–H groups in total. The summed E-state index contributed by atoms with van der Waals surface area (Å²) in [7, 11) is 0. The Morgan fingerprint density at radius 1 is 1.09 bits per heavy atom. The minimum atomic E-state index is -1.54. The molecular weight excluding hydrogens is 278 g/mol. The van der Waals surface area contributed by atoms with Gasteiger partial charge in [-0.05, 0) is 31.5 Å². The van der Waals surface area contributed by atoms with Gasteiger partial charge in [0.1, 0.15) is 11.7 Å². The lowest BCUT2D eigenvalue weighted by Gasteiger charge is -2.26. The first kappa shape index (κ1) is 14.8. The third-order valence-electron chi connectivity index (χ3n) is 4.02. The Kier molecular flexibility index (Phi) is 3.72. The molecule has 2 aromatic rings. The number of rotatable bonds is 3. The first-order valence-electron chi connectivity index (χ1n) is 7.32. The second-order valence-corrected chi connectivity index (χ2v) is 5.75.